The van der Waals surface area contributed by atoms with Gasteiger partial charge in [-0.1, -0.05) is 24.8 Å². The Kier molecular flexibility index (Phi) is 7.07. The molecule has 0 radical (unpaired) electrons. The lowest BCUT2D eigenvalue weighted by atomic mass is 9.96. The molecule has 0 atom stereocenters. The number of likely N-dealkylation sites (N-methyl/N-ethyl adjacent to an activating group) is 1. The van der Waals surface area contributed by atoms with Crippen LogP contribution in [0, 0.1) is 18.6 Å². The standard InChI is InChI=1S/C26H26F2N6O2.H2/c1-5-21(35)16-10-9-15(2)17(13-16)22-18-14-30-26(36)34(23-19(27)7-6-8-20(23)28)24(18)32-25(31-22)29-11-12-33(3)4;/h5-10,13H,1,11-12,14H2,2-4H3,(H,30,36)(H,29,31,32);1H. The number of hydrogen-bond donors (Lipinski definition) is 2. The number of nitrogens with one attached hydrogen (secondary N) is 2. The van der Waals surface area contributed by atoms with E-state index in [1.54, 1.807) is 18.2 Å². The number of amides is 2. The average molecular weight is 495 g/mol. The van der Waals surface area contributed by atoms with Gasteiger partial charge in [-0.15, -0.1) is 0 Å². The first-order valence-corrected chi connectivity index (χ1v) is 11.3. The van der Waals surface area contributed by atoms with Crippen molar-refractivity contribution in [2.45, 2.75) is 13.5 Å². The van der Waals surface area contributed by atoms with Crippen LogP contribution in [0.1, 0.15) is 22.9 Å². The molecule has 4 rings (SSSR count). The summed E-state index contributed by atoms with van der Waals surface area (Å²) in [5.74, 6) is -1.83. The van der Waals surface area contributed by atoms with Crippen LogP contribution in [0.4, 0.5) is 31.0 Å². The molecule has 1 aliphatic rings. The highest BCUT2D eigenvalue weighted by Gasteiger charge is 2.34. The van der Waals surface area contributed by atoms with Crippen LogP contribution < -0.4 is 15.5 Å². The molecule has 2 aromatic carbocycles. The van der Waals surface area contributed by atoms with Crippen LogP contribution in [0.25, 0.3) is 11.3 Å². The van der Waals surface area contributed by atoms with Gasteiger partial charge in [0, 0.05) is 31.2 Å². The summed E-state index contributed by atoms with van der Waals surface area (Å²) in [6.45, 7) is 6.60. The molecule has 1 aromatic heterocycles. The molecule has 3 aromatic rings. The average Bonchev–Trinajstić information content (AvgIpc) is 2.84. The first-order valence-electron chi connectivity index (χ1n) is 11.3. The van der Waals surface area contributed by atoms with Gasteiger partial charge in [0.2, 0.25) is 5.95 Å². The van der Waals surface area contributed by atoms with Crippen LogP contribution in [0.2, 0.25) is 0 Å². The second kappa shape index (κ2) is 10.2. The van der Waals surface area contributed by atoms with Crippen molar-refractivity contribution in [1.29, 1.82) is 0 Å². The SMILES string of the molecule is C=CC(=O)c1ccc(C)c(-c2nc(NCCN(C)C)nc3c2CNC(=O)N3c2c(F)cccc2F)c1.[HH]. The number of anilines is 3. The number of hydrogen-bond acceptors (Lipinski definition) is 6. The smallest absolute Gasteiger partial charge is 0.328 e. The normalized spacial score (nSPS) is 12.8. The van der Waals surface area contributed by atoms with Crippen molar-refractivity contribution in [3.05, 3.63) is 77.4 Å². The summed E-state index contributed by atoms with van der Waals surface area (Å²) in [7, 11) is 3.83. The lowest BCUT2D eigenvalue weighted by molar-refractivity contribution is 0.104. The third-order valence-electron chi connectivity index (χ3n) is 5.78. The van der Waals surface area contributed by atoms with E-state index >= 15 is 0 Å². The topological polar surface area (TPSA) is 90.5 Å². The molecule has 2 amide bonds. The minimum Gasteiger partial charge on any atom is -0.353 e. The van der Waals surface area contributed by atoms with Gasteiger partial charge in [0.05, 0.1) is 12.2 Å². The Labute approximate surface area is 209 Å². The number of para-hydroxylation sites is 1. The van der Waals surface area contributed by atoms with Crippen molar-refractivity contribution in [3.8, 4) is 11.3 Å². The monoisotopic (exact) mass is 494 g/mol. The fraction of sp³-hybridized carbons (Fsp3) is 0.231. The molecule has 0 aliphatic carbocycles. The quantitative estimate of drug-likeness (QED) is 0.349. The summed E-state index contributed by atoms with van der Waals surface area (Å²) < 4.78 is 29.6. The Hall–Kier alpha value is -4.18. The van der Waals surface area contributed by atoms with Gasteiger partial charge in [0.15, 0.2) is 11.6 Å². The van der Waals surface area contributed by atoms with Crippen LogP contribution in [0.15, 0.2) is 49.1 Å². The van der Waals surface area contributed by atoms with Crippen molar-refractivity contribution < 1.29 is 19.8 Å². The summed E-state index contributed by atoms with van der Waals surface area (Å²) in [5, 5.41) is 5.79. The van der Waals surface area contributed by atoms with E-state index in [9.17, 15) is 18.4 Å². The fourth-order valence-corrected chi connectivity index (χ4v) is 3.91. The number of rotatable bonds is 8. The number of fused-ring (bicyclic) bond motifs is 1. The maximum atomic E-state index is 14.8. The van der Waals surface area contributed by atoms with E-state index < -0.39 is 23.4 Å². The highest BCUT2D eigenvalue weighted by atomic mass is 19.1. The zero-order chi connectivity index (χ0) is 26.0. The number of aryl methyl sites for hydroxylation is 1. The van der Waals surface area contributed by atoms with E-state index in [0.29, 0.717) is 35.5 Å². The molecule has 2 N–H and O–H groups in total. The second-order valence-electron chi connectivity index (χ2n) is 8.59. The summed E-state index contributed by atoms with van der Waals surface area (Å²) in [4.78, 5) is 37.3. The van der Waals surface area contributed by atoms with Gasteiger partial charge >= 0.3 is 6.03 Å². The summed E-state index contributed by atoms with van der Waals surface area (Å²) in [5.41, 5.74) is 2.22. The molecule has 2 heterocycles. The van der Waals surface area contributed by atoms with E-state index in [-0.39, 0.29) is 25.5 Å². The minimum atomic E-state index is -0.907. The van der Waals surface area contributed by atoms with Crippen LogP contribution in [-0.2, 0) is 6.54 Å². The Balaban J connectivity index is 0.00000380. The lowest BCUT2D eigenvalue weighted by Gasteiger charge is -2.31. The molecule has 188 valence electrons. The van der Waals surface area contributed by atoms with E-state index in [0.717, 1.165) is 22.6 Å². The third kappa shape index (κ3) is 4.80. The first-order chi connectivity index (χ1) is 17.2. The zero-order valence-corrected chi connectivity index (χ0v) is 20.2. The summed E-state index contributed by atoms with van der Waals surface area (Å²) in [6.07, 6.45) is 1.22. The number of aromatic nitrogens is 2. The van der Waals surface area contributed by atoms with Gasteiger partial charge in [0.25, 0.3) is 0 Å². The predicted octanol–water partition coefficient (Wildman–Crippen LogP) is 4.68. The van der Waals surface area contributed by atoms with Crippen molar-refractivity contribution >= 4 is 29.3 Å². The second-order valence-corrected chi connectivity index (χ2v) is 8.59. The minimum absolute atomic E-state index is 0. The molecule has 8 nitrogen and oxygen atoms in total. The van der Waals surface area contributed by atoms with E-state index in [4.69, 9.17) is 4.98 Å². The first kappa shape index (κ1) is 24.9. The largest absolute Gasteiger partial charge is 0.353 e. The van der Waals surface area contributed by atoms with E-state index in [1.807, 2.05) is 25.9 Å². The molecule has 0 bridgehead atoms. The van der Waals surface area contributed by atoms with Crippen LogP contribution in [0.3, 0.4) is 0 Å². The Bertz CT molecular complexity index is 1340. The zero-order valence-electron chi connectivity index (χ0n) is 20.2. The molecular weight excluding hydrogens is 466 g/mol. The van der Waals surface area contributed by atoms with Crippen molar-refractivity contribution in [1.82, 2.24) is 20.2 Å². The van der Waals surface area contributed by atoms with Gasteiger partial charge in [-0.2, -0.15) is 4.98 Å². The number of allylic oxidation sites excluding steroid dienone is 1. The van der Waals surface area contributed by atoms with Gasteiger partial charge in [-0.3, -0.25) is 4.79 Å². The Morgan fingerprint density at radius 1 is 1.25 bits per heavy atom. The molecule has 1 aliphatic heterocycles. The summed E-state index contributed by atoms with van der Waals surface area (Å²) in [6, 6.07) is 7.82. The van der Waals surface area contributed by atoms with Crippen LogP contribution in [-0.4, -0.2) is 53.9 Å². The highest BCUT2D eigenvalue weighted by Crippen LogP contribution is 2.39. The third-order valence-corrected chi connectivity index (χ3v) is 5.78. The van der Waals surface area contributed by atoms with Crippen molar-refractivity contribution in [2.24, 2.45) is 0 Å². The van der Waals surface area contributed by atoms with Gasteiger partial charge in [0.1, 0.15) is 17.3 Å². The van der Waals surface area contributed by atoms with Crippen molar-refractivity contribution in [2.75, 3.05) is 37.4 Å². The highest BCUT2D eigenvalue weighted by molar-refractivity contribution is 6.05. The Morgan fingerprint density at radius 3 is 2.64 bits per heavy atom. The molecule has 0 unspecified atom stereocenters. The number of ketones is 1. The van der Waals surface area contributed by atoms with Crippen LogP contribution in [0.5, 0.6) is 0 Å². The number of carbonyl (C=O) groups is 2. The predicted molar refractivity (Wildman–Crippen MR) is 137 cm³/mol. The number of halogens is 2. The number of nitrogens with zero attached hydrogens (tertiary/aromatic N) is 4. The number of urea groups is 1. The molecule has 0 fully saturated rings. The van der Waals surface area contributed by atoms with Gasteiger partial charge in [-0.25, -0.2) is 23.5 Å². The molecule has 36 heavy (non-hydrogen) atoms. The Morgan fingerprint density at radius 2 is 1.97 bits per heavy atom. The molecule has 0 spiro atoms. The van der Waals surface area contributed by atoms with Gasteiger partial charge in [-0.05, 0) is 50.9 Å². The van der Waals surface area contributed by atoms with Crippen LogP contribution >= 0.6 is 0 Å². The maximum Gasteiger partial charge on any atom is 0.328 e. The van der Waals surface area contributed by atoms with E-state index in [2.05, 4.69) is 22.2 Å². The lowest BCUT2D eigenvalue weighted by Crippen LogP contribution is -2.43. The molecule has 10 heteroatoms. The van der Waals surface area contributed by atoms with Gasteiger partial charge < -0.3 is 15.5 Å². The van der Waals surface area contributed by atoms with Crippen molar-refractivity contribution in [3.63, 3.8) is 0 Å². The number of benzene rings is 2. The number of carbonyl (C=O) groups excluding carboxylic acids is 2. The van der Waals surface area contributed by atoms with E-state index in [1.165, 1.54) is 12.1 Å². The maximum absolute atomic E-state index is 14.8. The molecular formula is C26H28F2N6O2. The summed E-state index contributed by atoms with van der Waals surface area (Å²) >= 11 is 0. The fourth-order valence-electron chi connectivity index (χ4n) is 3.91. The molecule has 0 saturated carbocycles. The molecule has 0 saturated heterocycles.